The van der Waals surface area contributed by atoms with E-state index in [9.17, 15) is 18.0 Å². The normalized spacial score (nSPS) is 11.5. The number of benzene rings is 3. The second-order valence-corrected chi connectivity index (χ2v) is 8.92. The molecule has 0 radical (unpaired) electrons. The number of carbonyl (C=O) groups excluding carboxylic acids is 2. The zero-order chi connectivity index (χ0) is 23.7. The van der Waals surface area contributed by atoms with Crippen molar-refractivity contribution in [3.05, 3.63) is 102 Å². The van der Waals surface area contributed by atoms with Crippen LogP contribution in [0.15, 0.2) is 94.9 Å². The summed E-state index contributed by atoms with van der Waals surface area (Å²) in [6.45, 7) is -0.380. The average Bonchev–Trinajstić information content (AvgIpc) is 2.84. The van der Waals surface area contributed by atoms with E-state index in [0.717, 1.165) is 9.87 Å². The van der Waals surface area contributed by atoms with Crippen LogP contribution in [0.25, 0.3) is 0 Å². The molecule has 0 saturated heterocycles. The maximum Gasteiger partial charge on any atom is 0.337 e. The van der Waals surface area contributed by atoms with Gasteiger partial charge in [-0.05, 0) is 35.4 Å². The standard InChI is InChI=1S/C24H23N3O5S/c1-32-24(29)21-14-12-19(13-15-21)16-25-26-23(28)18-27(17-20-8-4-2-5-9-20)33(30,31)22-10-6-3-7-11-22/h2-16H,17-18H2,1H3,(H,26,28). The summed E-state index contributed by atoms with van der Waals surface area (Å²) in [6.07, 6.45) is 1.40. The lowest BCUT2D eigenvalue weighted by Gasteiger charge is -2.21. The third-order valence-corrected chi connectivity index (χ3v) is 6.44. The zero-order valence-corrected chi connectivity index (χ0v) is 18.7. The van der Waals surface area contributed by atoms with Crippen molar-refractivity contribution in [3.63, 3.8) is 0 Å². The highest BCUT2D eigenvalue weighted by Crippen LogP contribution is 2.18. The van der Waals surface area contributed by atoms with E-state index in [1.54, 1.807) is 66.7 Å². The fourth-order valence-electron chi connectivity index (χ4n) is 2.95. The molecular weight excluding hydrogens is 442 g/mol. The summed E-state index contributed by atoms with van der Waals surface area (Å²) in [6, 6.07) is 23.4. The quantitative estimate of drug-likeness (QED) is 0.297. The van der Waals surface area contributed by atoms with Crippen LogP contribution in [0, 0.1) is 0 Å². The van der Waals surface area contributed by atoms with Crippen molar-refractivity contribution in [2.45, 2.75) is 11.4 Å². The second-order valence-electron chi connectivity index (χ2n) is 6.98. The monoisotopic (exact) mass is 465 g/mol. The number of methoxy groups -OCH3 is 1. The molecule has 0 fully saturated rings. The summed E-state index contributed by atoms with van der Waals surface area (Å²) in [5.74, 6) is -1.04. The Hall–Kier alpha value is -3.82. The molecule has 0 bridgehead atoms. The Bertz CT molecular complexity index is 1210. The fourth-order valence-corrected chi connectivity index (χ4v) is 4.36. The molecular formula is C24H23N3O5S. The van der Waals surface area contributed by atoms with E-state index in [1.165, 1.54) is 25.5 Å². The van der Waals surface area contributed by atoms with Crippen molar-refractivity contribution >= 4 is 28.1 Å². The lowest BCUT2D eigenvalue weighted by Crippen LogP contribution is -2.39. The van der Waals surface area contributed by atoms with Crippen LogP contribution in [-0.4, -0.2) is 44.5 Å². The van der Waals surface area contributed by atoms with Gasteiger partial charge in [0.05, 0.1) is 30.3 Å². The van der Waals surface area contributed by atoms with Crippen LogP contribution in [0.1, 0.15) is 21.5 Å². The lowest BCUT2D eigenvalue weighted by molar-refractivity contribution is -0.121. The smallest absolute Gasteiger partial charge is 0.337 e. The highest BCUT2D eigenvalue weighted by atomic mass is 32.2. The number of nitrogens with one attached hydrogen (secondary N) is 1. The number of hydrogen-bond acceptors (Lipinski definition) is 6. The summed E-state index contributed by atoms with van der Waals surface area (Å²) in [4.78, 5) is 24.1. The van der Waals surface area contributed by atoms with Crippen molar-refractivity contribution in [1.82, 2.24) is 9.73 Å². The minimum atomic E-state index is -3.91. The first-order valence-corrected chi connectivity index (χ1v) is 11.4. The Labute approximate surface area is 192 Å². The molecule has 8 nitrogen and oxygen atoms in total. The third kappa shape index (κ3) is 6.58. The number of carbonyl (C=O) groups is 2. The highest BCUT2D eigenvalue weighted by Gasteiger charge is 2.26. The average molecular weight is 466 g/mol. The maximum absolute atomic E-state index is 13.1. The van der Waals surface area contributed by atoms with Gasteiger partial charge < -0.3 is 4.74 Å². The first kappa shape index (κ1) is 23.8. The van der Waals surface area contributed by atoms with Gasteiger partial charge >= 0.3 is 5.97 Å². The Kier molecular flexibility index (Phi) is 8.06. The van der Waals surface area contributed by atoms with Gasteiger partial charge in [0.1, 0.15) is 0 Å². The summed E-state index contributed by atoms with van der Waals surface area (Å²) >= 11 is 0. The van der Waals surface area contributed by atoms with Crippen LogP contribution in [0.3, 0.4) is 0 Å². The van der Waals surface area contributed by atoms with Crippen LogP contribution in [0.4, 0.5) is 0 Å². The Morgan fingerprint density at radius 1 is 0.939 bits per heavy atom. The van der Waals surface area contributed by atoms with Gasteiger partial charge in [-0.3, -0.25) is 4.79 Å². The molecule has 3 aromatic rings. The van der Waals surface area contributed by atoms with Crippen molar-refractivity contribution in [2.75, 3.05) is 13.7 Å². The molecule has 1 amide bonds. The predicted octanol–water partition coefficient (Wildman–Crippen LogP) is 2.81. The van der Waals surface area contributed by atoms with Gasteiger partial charge in [-0.25, -0.2) is 18.6 Å². The van der Waals surface area contributed by atoms with Crippen molar-refractivity contribution in [3.8, 4) is 0 Å². The molecule has 1 N–H and O–H groups in total. The number of esters is 1. The molecule has 0 aliphatic heterocycles. The van der Waals surface area contributed by atoms with E-state index in [-0.39, 0.29) is 11.4 Å². The summed E-state index contributed by atoms with van der Waals surface area (Å²) in [7, 11) is -2.61. The van der Waals surface area contributed by atoms with E-state index in [2.05, 4.69) is 15.3 Å². The zero-order valence-electron chi connectivity index (χ0n) is 17.9. The van der Waals surface area contributed by atoms with Crippen LogP contribution in [0.5, 0.6) is 0 Å². The lowest BCUT2D eigenvalue weighted by atomic mass is 10.1. The molecule has 0 aliphatic rings. The van der Waals surface area contributed by atoms with Gasteiger partial charge in [-0.15, -0.1) is 0 Å². The van der Waals surface area contributed by atoms with Gasteiger partial charge in [0.25, 0.3) is 5.91 Å². The summed E-state index contributed by atoms with van der Waals surface area (Å²) in [5, 5.41) is 3.89. The van der Waals surface area contributed by atoms with Crippen molar-refractivity contribution < 1.29 is 22.7 Å². The first-order valence-electron chi connectivity index (χ1n) is 9.99. The minimum absolute atomic E-state index is 0.0319. The summed E-state index contributed by atoms with van der Waals surface area (Å²) in [5.41, 5.74) is 4.13. The molecule has 0 atom stereocenters. The van der Waals surface area contributed by atoms with Gasteiger partial charge in [0, 0.05) is 6.54 Å². The molecule has 3 rings (SSSR count). The van der Waals surface area contributed by atoms with Crippen molar-refractivity contribution in [2.24, 2.45) is 5.10 Å². The Balaban J connectivity index is 1.70. The molecule has 0 aromatic heterocycles. The van der Waals surface area contributed by atoms with Crippen LogP contribution < -0.4 is 5.43 Å². The second kappa shape index (κ2) is 11.2. The SMILES string of the molecule is COC(=O)c1ccc(C=NNC(=O)CN(Cc2ccccc2)S(=O)(=O)c2ccccc2)cc1. The molecule has 0 spiro atoms. The number of ether oxygens (including phenoxy) is 1. The third-order valence-electron chi connectivity index (χ3n) is 4.64. The topological polar surface area (TPSA) is 105 Å². The number of sulfonamides is 1. The van der Waals surface area contributed by atoms with E-state index >= 15 is 0 Å². The van der Waals surface area contributed by atoms with Crippen LogP contribution in [0.2, 0.25) is 0 Å². The number of amides is 1. The van der Waals surface area contributed by atoms with E-state index in [4.69, 9.17) is 0 Å². The summed E-state index contributed by atoms with van der Waals surface area (Å²) < 4.78 is 32.0. The number of hydrogen-bond donors (Lipinski definition) is 1. The molecule has 170 valence electrons. The van der Waals surface area contributed by atoms with Gasteiger partial charge in [-0.1, -0.05) is 60.7 Å². The van der Waals surface area contributed by atoms with E-state index in [0.29, 0.717) is 11.1 Å². The highest BCUT2D eigenvalue weighted by molar-refractivity contribution is 7.89. The van der Waals surface area contributed by atoms with E-state index < -0.39 is 28.4 Å². The minimum Gasteiger partial charge on any atom is -0.465 e. The maximum atomic E-state index is 13.1. The molecule has 9 heteroatoms. The van der Waals surface area contributed by atoms with Gasteiger partial charge in [0.2, 0.25) is 10.0 Å². The predicted molar refractivity (Wildman–Crippen MR) is 124 cm³/mol. The van der Waals surface area contributed by atoms with Gasteiger partial charge in [0.15, 0.2) is 0 Å². The Morgan fingerprint density at radius 3 is 2.15 bits per heavy atom. The number of hydrazone groups is 1. The molecule has 3 aromatic carbocycles. The number of rotatable bonds is 9. The molecule has 0 saturated carbocycles. The molecule has 0 aliphatic carbocycles. The van der Waals surface area contributed by atoms with E-state index in [1.807, 2.05) is 6.07 Å². The van der Waals surface area contributed by atoms with Crippen LogP contribution >= 0.6 is 0 Å². The Morgan fingerprint density at radius 2 is 1.55 bits per heavy atom. The fraction of sp³-hybridized carbons (Fsp3) is 0.125. The number of nitrogens with zero attached hydrogens (tertiary/aromatic N) is 2. The van der Waals surface area contributed by atoms with Gasteiger partial charge in [-0.2, -0.15) is 9.41 Å². The molecule has 0 heterocycles. The van der Waals surface area contributed by atoms with Crippen LogP contribution in [-0.2, 0) is 26.1 Å². The largest absolute Gasteiger partial charge is 0.465 e. The molecule has 0 unspecified atom stereocenters. The van der Waals surface area contributed by atoms with Crippen molar-refractivity contribution in [1.29, 1.82) is 0 Å². The first-order chi connectivity index (χ1) is 15.9. The molecule has 33 heavy (non-hydrogen) atoms.